The number of nitrogens with two attached hydrogens (primary N) is 1. The average Bonchev–Trinajstić information content (AvgIpc) is 3.39. The molecule has 2 aromatic carbocycles. The third-order valence-corrected chi connectivity index (χ3v) is 7.48. The molecule has 0 unspecified atom stereocenters. The van der Waals surface area contributed by atoms with Gasteiger partial charge in [0.1, 0.15) is 17.2 Å². The molecule has 2 heterocycles. The summed E-state index contributed by atoms with van der Waals surface area (Å²) < 4.78 is 39.2. The fourth-order valence-electron chi connectivity index (χ4n) is 3.90. The third kappa shape index (κ3) is 4.11. The van der Waals surface area contributed by atoms with Crippen molar-refractivity contribution >= 4 is 43.6 Å². The van der Waals surface area contributed by atoms with Crippen molar-refractivity contribution in [1.82, 2.24) is 8.87 Å². The number of methoxy groups -OCH3 is 1. The van der Waals surface area contributed by atoms with Crippen LogP contribution in [0.3, 0.4) is 0 Å². The Kier molecular flexibility index (Phi) is 6.51. The molecule has 0 amide bonds. The van der Waals surface area contributed by atoms with Gasteiger partial charge in [-0.1, -0.05) is 0 Å². The van der Waals surface area contributed by atoms with Gasteiger partial charge in [0.05, 0.1) is 36.5 Å². The molecule has 0 aliphatic heterocycles. The molecule has 0 radical (unpaired) electrons. The Morgan fingerprint density at radius 2 is 1.86 bits per heavy atom. The van der Waals surface area contributed by atoms with Gasteiger partial charge in [-0.3, -0.25) is 0 Å². The number of nitrogens with zero attached hydrogens (tertiary/aromatic N) is 3. The summed E-state index contributed by atoms with van der Waals surface area (Å²) in [4.78, 5) is 12.3. The van der Waals surface area contributed by atoms with Crippen LogP contribution >= 0.6 is 0 Å². The lowest BCUT2D eigenvalue weighted by molar-refractivity contribution is 0.0593. The van der Waals surface area contributed by atoms with Gasteiger partial charge in [0, 0.05) is 41.8 Å². The normalized spacial score (nSPS) is 11.9. The second kappa shape index (κ2) is 9.40. The number of esters is 1. The number of aromatic nitrogens is 1. The van der Waals surface area contributed by atoms with E-state index in [0.29, 0.717) is 27.6 Å². The fourth-order valence-corrected chi connectivity index (χ4v) is 5.35. The predicted octanol–water partition coefficient (Wildman–Crippen LogP) is 1.59. The number of hydrogen-bond acceptors (Lipinski definition) is 9. The maximum absolute atomic E-state index is 13.0. The van der Waals surface area contributed by atoms with Crippen molar-refractivity contribution < 1.29 is 32.6 Å². The molecule has 0 atom stereocenters. The summed E-state index contributed by atoms with van der Waals surface area (Å²) in [5.74, 6) is -0.709. The number of aliphatic hydroxyl groups is 2. The maximum atomic E-state index is 13.0. The molecular weight excluding hydrogens is 476 g/mol. The van der Waals surface area contributed by atoms with Gasteiger partial charge >= 0.3 is 5.97 Å². The molecule has 0 aliphatic carbocycles. The SMILES string of the molecule is COC(=O)c1c(N)c(C#N)cn1-c1ccc2c(c1)oc1ccc(S(=O)(=O)N(CCO)CCO)cc12. The lowest BCUT2D eigenvalue weighted by Gasteiger charge is -2.20. The molecule has 182 valence electrons. The molecule has 0 saturated carbocycles. The third-order valence-electron chi connectivity index (χ3n) is 5.58. The first-order chi connectivity index (χ1) is 16.8. The predicted molar refractivity (Wildman–Crippen MR) is 126 cm³/mol. The Hall–Kier alpha value is -3.89. The summed E-state index contributed by atoms with van der Waals surface area (Å²) in [6.45, 7) is -1.07. The number of nitrogen functional groups attached to an aromatic ring is 1. The van der Waals surface area contributed by atoms with E-state index in [1.807, 2.05) is 6.07 Å². The summed E-state index contributed by atoms with van der Waals surface area (Å²) in [6.07, 6.45) is 1.42. The van der Waals surface area contributed by atoms with E-state index in [9.17, 15) is 28.7 Å². The van der Waals surface area contributed by atoms with Gasteiger partial charge in [0.2, 0.25) is 10.0 Å². The van der Waals surface area contributed by atoms with E-state index in [1.165, 1.54) is 36.1 Å². The van der Waals surface area contributed by atoms with E-state index < -0.39 is 16.0 Å². The van der Waals surface area contributed by atoms with Crippen molar-refractivity contribution in [3.05, 3.63) is 53.9 Å². The zero-order valence-corrected chi connectivity index (χ0v) is 19.4. The van der Waals surface area contributed by atoms with E-state index in [0.717, 1.165) is 4.31 Å². The Bertz CT molecular complexity index is 1570. The van der Waals surface area contributed by atoms with Gasteiger partial charge in [-0.15, -0.1) is 0 Å². The molecule has 0 saturated heterocycles. The first-order valence-corrected chi connectivity index (χ1v) is 11.9. The van der Waals surface area contributed by atoms with E-state index in [4.69, 9.17) is 14.9 Å². The van der Waals surface area contributed by atoms with Crippen LogP contribution in [0.25, 0.3) is 27.6 Å². The number of fused-ring (bicyclic) bond motifs is 3. The Balaban J connectivity index is 1.84. The van der Waals surface area contributed by atoms with Crippen molar-refractivity contribution in [2.24, 2.45) is 0 Å². The molecule has 0 fully saturated rings. The molecule has 11 nitrogen and oxygen atoms in total. The lowest BCUT2D eigenvalue weighted by atomic mass is 10.1. The second-order valence-electron chi connectivity index (χ2n) is 7.57. The van der Waals surface area contributed by atoms with Crippen molar-refractivity contribution in [2.45, 2.75) is 4.90 Å². The summed E-state index contributed by atoms with van der Waals surface area (Å²) in [6, 6.07) is 11.4. The molecule has 4 aromatic rings. The number of rotatable bonds is 8. The van der Waals surface area contributed by atoms with Gasteiger partial charge < -0.3 is 29.7 Å². The molecule has 2 aromatic heterocycles. The number of nitriles is 1. The first kappa shape index (κ1) is 24.2. The standard InChI is InChI=1S/C23H22N4O7S/c1-33-23(30)22-21(25)14(12-24)13-27(22)15-2-4-17-18-11-16(3-5-19(18)34-20(17)10-15)35(31,32)26(6-8-28)7-9-29/h2-5,10-11,13,28-29H,6-9,25H2,1H3. The van der Waals surface area contributed by atoms with Crippen molar-refractivity contribution in [2.75, 3.05) is 39.1 Å². The molecule has 0 aliphatic rings. The highest BCUT2D eigenvalue weighted by Gasteiger charge is 2.25. The quantitative estimate of drug-likeness (QED) is 0.305. The number of anilines is 1. The van der Waals surface area contributed by atoms with Gasteiger partial charge in [0.15, 0.2) is 5.69 Å². The number of aliphatic hydroxyl groups excluding tert-OH is 2. The zero-order valence-electron chi connectivity index (χ0n) is 18.6. The number of carbonyl (C=O) groups is 1. The average molecular weight is 499 g/mol. The topological polar surface area (TPSA) is 172 Å². The van der Waals surface area contributed by atoms with Gasteiger partial charge in [-0.2, -0.15) is 9.57 Å². The summed E-state index contributed by atoms with van der Waals surface area (Å²) in [5.41, 5.74) is 7.40. The smallest absolute Gasteiger partial charge is 0.357 e. The fraction of sp³-hybridized carbons (Fsp3) is 0.217. The number of benzene rings is 2. The Labute approximate surface area is 200 Å². The van der Waals surface area contributed by atoms with Gasteiger partial charge in [-0.05, 0) is 30.3 Å². The number of sulfonamides is 1. The van der Waals surface area contributed by atoms with Crippen LogP contribution in [0.4, 0.5) is 5.69 Å². The van der Waals surface area contributed by atoms with Crippen LogP contribution in [0.15, 0.2) is 51.9 Å². The number of carbonyl (C=O) groups excluding carboxylic acids is 1. The van der Waals surface area contributed by atoms with E-state index in [-0.39, 0.29) is 48.1 Å². The maximum Gasteiger partial charge on any atom is 0.357 e. The van der Waals surface area contributed by atoms with Gasteiger partial charge in [-0.25, -0.2) is 13.2 Å². The largest absolute Gasteiger partial charge is 0.464 e. The summed E-state index contributed by atoms with van der Waals surface area (Å²) in [5, 5.41) is 28.9. The summed E-state index contributed by atoms with van der Waals surface area (Å²) in [7, 11) is -2.76. The lowest BCUT2D eigenvalue weighted by Crippen LogP contribution is -2.35. The monoisotopic (exact) mass is 498 g/mol. The summed E-state index contributed by atoms with van der Waals surface area (Å²) >= 11 is 0. The van der Waals surface area contributed by atoms with Crippen LogP contribution in [0.1, 0.15) is 16.1 Å². The van der Waals surface area contributed by atoms with Crippen molar-refractivity contribution in [3.63, 3.8) is 0 Å². The van der Waals surface area contributed by atoms with Crippen LogP contribution in [0.2, 0.25) is 0 Å². The Morgan fingerprint density at radius 3 is 2.49 bits per heavy atom. The molecule has 0 bridgehead atoms. The number of furan rings is 1. The minimum atomic E-state index is -3.97. The zero-order chi connectivity index (χ0) is 25.3. The van der Waals surface area contributed by atoms with Crippen molar-refractivity contribution in [1.29, 1.82) is 5.26 Å². The van der Waals surface area contributed by atoms with Crippen molar-refractivity contribution in [3.8, 4) is 11.8 Å². The molecule has 12 heteroatoms. The second-order valence-corrected chi connectivity index (χ2v) is 9.51. The van der Waals surface area contributed by atoms with E-state index in [2.05, 4.69) is 0 Å². The minimum Gasteiger partial charge on any atom is -0.464 e. The molecular formula is C23H22N4O7S. The molecule has 4 rings (SSSR count). The number of hydrogen-bond donors (Lipinski definition) is 3. The van der Waals surface area contributed by atoms with Crippen LogP contribution in [-0.2, 0) is 14.8 Å². The molecule has 4 N–H and O–H groups in total. The minimum absolute atomic E-state index is 0.000693. The van der Waals surface area contributed by atoms with E-state index >= 15 is 0 Å². The van der Waals surface area contributed by atoms with Crippen LogP contribution in [0.5, 0.6) is 0 Å². The highest BCUT2D eigenvalue weighted by atomic mass is 32.2. The van der Waals surface area contributed by atoms with Crippen LogP contribution in [0, 0.1) is 11.3 Å². The number of ether oxygens (including phenoxy) is 1. The highest BCUT2D eigenvalue weighted by Crippen LogP contribution is 2.34. The molecule has 0 spiro atoms. The molecule has 35 heavy (non-hydrogen) atoms. The van der Waals surface area contributed by atoms with E-state index in [1.54, 1.807) is 18.2 Å². The first-order valence-electron chi connectivity index (χ1n) is 10.4. The van der Waals surface area contributed by atoms with Crippen LogP contribution < -0.4 is 5.73 Å². The Morgan fingerprint density at radius 1 is 1.14 bits per heavy atom. The highest BCUT2D eigenvalue weighted by molar-refractivity contribution is 7.89. The van der Waals surface area contributed by atoms with Gasteiger partial charge in [0.25, 0.3) is 0 Å². The van der Waals surface area contributed by atoms with Crippen LogP contribution in [-0.4, -0.2) is 66.9 Å².